The quantitative estimate of drug-likeness (QED) is 0.732. The zero-order valence-electron chi connectivity index (χ0n) is 15.2. The lowest BCUT2D eigenvalue weighted by Crippen LogP contribution is -2.38. The van der Waals surface area contributed by atoms with Crippen molar-refractivity contribution in [2.75, 3.05) is 23.7 Å². The molecule has 0 saturated heterocycles. The number of carbonyl (C=O) groups is 2. The Labute approximate surface area is 161 Å². The molecule has 0 radical (unpaired) electrons. The van der Waals surface area contributed by atoms with Crippen molar-refractivity contribution in [1.29, 1.82) is 0 Å². The molecule has 7 nitrogen and oxygen atoms in total. The van der Waals surface area contributed by atoms with Crippen LogP contribution in [0.2, 0.25) is 0 Å². The molecule has 0 aliphatic heterocycles. The first kappa shape index (κ1) is 21.5. The summed E-state index contributed by atoms with van der Waals surface area (Å²) >= 11 is 0. The molecule has 0 saturated carbocycles. The Morgan fingerprint density at radius 1 is 0.964 bits per heavy atom. The second-order valence-electron chi connectivity index (χ2n) is 5.79. The second-order valence-corrected chi connectivity index (χ2v) is 7.66. The van der Waals surface area contributed by atoms with Crippen LogP contribution in [0.4, 0.5) is 20.2 Å². The first-order chi connectivity index (χ1) is 13.1. The fraction of sp³-hybridized carbons (Fsp3) is 0.222. The van der Waals surface area contributed by atoms with Crippen molar-refractivity contribution in [2.45, 2.75) is 18.7 Å². The topological polar surface area (TPSA) is 95.6 Å². The highest BCUT2D eigenvalue weighted by Gasteiger charge is 2.31. The summed E-state index contributed by atoms with van der Waals surface area (Å²) in [5.41, 5.74) is 0.892. The van der Waals surface area contributed by atoms with E-state index in [1.165, 1.54) is 26.0 Å². The highest BCUT2D eigenvalue weighted by Crippen LogP contribution is 2.22. The van der Waals surface area contributed by atoms with Gasteiger partial charge in [-0.15, -0.1) is 0 Å². The first-order valence-electron chi connectivity index (χ1n) is 8.26. The van der Waals surface area contributed by atoms with Crippen LogP contribution in [0.25, 0.3) is 0 Å². The number of hydrogen-bond donors (Lipinski definition) is 2. The summed E-state index contributed by atoms with van der Waals surface area (Å²) in [6.45, 7) is 2.02. The normalized spacial score (nSPS) is 11.3. The van der Waals surface area contributed by atoms with Crippen LogP contribution >= 0.6 is 0 Å². The van der Waals surface area contributed by atoms with Gasteiger partial charge in [-0.2, -0.15) is 4.31 Å². The van der Waals surface area contributed by atoms with Gasteiger partial charge in [0.05, 0.1) is 6.54 Å². The Morgan fingerprint density at radius 3 is 1.93 bits per heavy atom. The molecule has 2 amide bonds. The molecule has 0 aliphatic rings. The standard InChI is InChI=1S/C18H19F2N3O4S/c1-3-23(28(26,27)18-15(19)5-4-6-16(18)20)11-17(25)22-14-9-7-13(8-10-14)21-12(2)24/h4-10H,3,11H2,1-2H3,(H,21,24)(H,22,25). The van der Waals surface area contributed by atoms with Gasteiger partial charge in [0.1, 0.15) is 11.6 Å². The van der Waals surface area contributed by atoms with Gasteiger partial charge in [-0.3, -0.25) is 9.59 Å². The van der Waals surface area contributed by atoms with Gasteiger partial charge in [0.15, 0.2) is 4.90 Å². The third-order valence-electron chi connectivity index (χ3n) is 3.68. The van der Waals surface area contributed by atoms with Crippen molar-refractivity contribution in [3.05, 3.63) is 54.1 Å². The zero-order chi connectivity index (χ0) is 20.9. The minimum atomic E-state index is -4.55. The third-order valence-corrected chi connectivity index (χ3v) is 5.65. The Bertz CT molecular complexity index is 959. The van der Waals surface area contributed by atoms with Crippen molar-refractivity contribution in [1.82, 2.24) is 4.31 Å². The highest BCUT2D eigenvalue weighted by atomic mass is 32.2. The summed E-state index contributed by atoms with van der Waals surface area (Å²) in [6.07, 6.45) is 0. The molecule has 0 aromatic heterocycles. The predicted octanol–water partition coefficient (Wildman–Crippen LogP) is 2.57. The van der Waals surface area contributed by atoms with E-state index in [-0.39, 0.29) is 12.5 Å². The van der Waals surface area contributed by atoms with E-state index < -0.39 is 39.0 Å². The highest BCUT2D eigenvalue weighted by molar-refractivity contribution is 7.89. The monoisotopic (exact) mass is 411 g/mol. The number of anilines is 2. The van der Waals surface area contributed by atoms with Crippen LogP contribution in [0.5, 0.6) is 0 Å². The maximum Gasteiger partial charge on any atom is 0.249 e. The van der Waals surface area contributed by atoms with Gasteiger partial charge in [-0.25, -0.2) is 17.2 Å². The number of nitrogens with zero attached hydrogens (tertiary/aromatic N) is 1. The van der Waals surface area contributed by atoms with Gasteiger partial charge in [-0.1, -0.05) is 13.0 Å². The van der Waals surface area contributed by atoms with Crippen LogP contribution in [0.3, 0.4) is 0 Å². The molecule has 0 spiro atoms. The van der Waals surface area contributed by atoms with Gasteiger partial charge < -0.3 is 10.6 Å². The third kappa shape index (κ3) is 5.11. The van der Waals surface area contributed by atoms with Crippen LogP contribution in [0, 0.1) is 11.6 Å². The van der Waals surface area contributed by atoms with E-state index in [0.29, 0.717) is 15.7 Å². The minimum Gasteiger partial charge on any atom is -0.326 e. The van der Waals surface area contributed by atoms with Crippen LogP contribution in [0.15, 0.2) is 47.4 Å². The van der Waals surface area contributed by atoms with E-state index in [4.69, 9.17) is 0 Å². The van der Waals surface area contributed by atoms with E-state index in [1.54, 1.807) is 12.1 Å². The van der Waals surface area contributed by atoms with Crippen LogP contribution in [-0.4, -0.2) is 37.6 Å². The zero-order valence-corrected chi connectivity index (χ0v) is 16.0. The van der Waals surface area contributed by atoms with Crippen LogP contribution < -0.4 is 10.6 Å². The van der Waals surface area contributed by atoms with Gasteiger partial charge in [0, 0.05) is 24.8 Å². The fourth-order valence-corrected chi connectivity index (χ4v) is 3.94. The molecule has 0 unspecified atom stereocenters. The molecule has 0 fully saturated rings. The van der Waals surface area contributed by atoms with Gasteiger partial charge >= 0.3 is 0 Å². The second kappa shape index (κ2) is 8.89. The molecule has 2 aromatic carbocycles. The number of amides is 2. The van der Waals surface area contributed by atoms with E-state index in [2.05, 4.69) is 10.6 Å². The first-order valence-corrected chi connectivity index (χ1v) is 9.70. The molecule has 28 heavy (non-hydrogen) atoms. The Morgan fingerprint density at radius 2 is 1.46 bits per heavy atom. The van der Waals surface area contributed by atoms with E-state index >= 15 is 0 Å². The summed E-state index contributed by atoms with van der Waals surface area (Å²) in [4.78, 5) is 22.1. The average Bonchev–Trinajstić information content (AvgIpc) is 2.60. The van der Waals surface area contributed by atoms with Crippen molar-refractivity contribution >= 4 is 33.2 Å². The number of benzene rings is 2. The maximum absolute atomic E-state index is 13.9. The summed E-state index contributed by atoms with van der Waals surface area (Å²) in [5.74, 6) is -3.39. The number of rotatable bonds is 7. The molecule has 150 valence electrons. The van der Waals surface area contributed by atoms with Crippen molar-refractivity contribution in [2.24, 2.45) is 0 Å². The Kier molecular flexibility index (Phi) is 6.81. The van der Waals surface area contributed by atoms with Crippen molar-refractivity contribution in [3.8, 4) is 0 Å². The smallest absolute Gasteiger partial charge is 0.249 e. The van der Waals surface area contributed by atoms with Gasteiger partial charge in [-0.05, 0) is 36.4 Å². The average molecular weight is 411 g/mol. The van der Waals surface area contributed by atoms with Crippen molar-refractivity contribution in [3.63, 3.8) is 0 Å². The number of nitrogens with one attached hydrogen (secondary N) is 2. The maximum atomic E-state index is 13.9. The number of halogens is 2. The lowest BCUT2D eigenvalue weighted by atomic mass is 10.2. The largest absolute Gasteiger partial charge is 0.326 e. The molecule has 2 rings (SSSR count). The van der Waals surface area contributed by atoms with Gasteiger partial charge in [0.2, 0.25) is 21.8 Å². The molecular weight excluding hydrogens is 392 g/mol. The van der Waals surface area contributed by atoms with E-state index in [1.807, 2.05) is 0 Å². The number of sulfonamides is 1. The Balaban J connectivity index is 2.13. The molecular formula is C18H19F2N3O4S. The molecule has 2 N–H and O–H groups in total. The molecule has 10 heteroatoms. The van der Waals surface area contributed by atoms with E-state index in [9.17, 15) is 26.8 Å². The fourth-order valence-electron chi connectivity index (χ4n) is 2.43. The number of carbonyl (C=O) groups excluding carboxylic acids is 2. The lowest BCUT2D eigenvalue weighted by Gasteiger charge is -2.20. The summed E-state index contributed by atoms with van der Waals surface area (Å²) in [5, 5.41) is 5.06. The van der Waals surface area contributed by atoms with Gasteiger partial charge in [0.25, 0.3) is 0 Å². The summed E-state index contributed by atoms with van der Waals surface area (Å²) < 4.78 is 53.6. The lowest BCUT2D eigenvalue weighted by molar-refractivity contribution is -0.116. The summed E-state index contributed by atoms with van der Waals surface area (Å²) in [6, 6.07) is 8.87. The predicted molar refractivity (Wildman–Crippen MR) is 100 cm³/mol. The molecule has 2 aromatic rings. The molecule has 0 aliphatic carbocycles. The van der Waals surface area contributed by atoms with Crippen LogP contribution in [0.1, 0.15) is 13.8 Å². The molecule has 0 atom stereocenters. The number of hydrogen-bond acceptors (Lipinski definition) is 4. The minimum absolute atomic E-state index is 0.162. The van der Waals surface area contributed by atoms with E-state index in [0.717, 1.165) is 18.2 Å². The molecule has 0 heterocycles. The number of likely N-dealkylation sites (N-methyl/N-ethyl adjacent to an activating group) is 1. The van der Waals surface area contributed by atoms with Crippen LogP contribution in [-0.2, 0) is 19.6 Å². The Hall–Kier alpha value is -2.85. The summed E-state index contributed by atoms with van der Waals surface area (Å²) in [7, 11) is -4.55. The molecule has 0 bridgehead atoms. The SMILES string of the molecule is CCN(CC(=O)Nc1ccc(NC(C)=O)cc1)S(=O)(=O)c1c(F)cccc1F. The van der Waals surface area contributed by atoms with Crippen molar-refractivity contribution < 1.29 is 26.8 Å².